The number of nitrogens with two attached hydrogens (primary N) is 1. The largest absolute Gasteiger partial charge is 0.480 e. The topological polar surface area (TPSA) is 102 Å². The van der Waals surface area contributed by atoms with Gasteiger partial charge in [-0.3, -0.25) is 15.1 Å². The van der Waals surface area contributed by atoms with Gasteiger partial charge in [0.1, 0.15) is 6.04 Å². The molecular weight excluding hydrogens is 617 g/mol. The van der Waals surface area contributed by atoms with Gasteiger partial charge in [0.05, 0.1) is 11.1 Å². The van der Waals surface area contributed by atoms with Crippen LogP contribution in [0.5, 0.6) is 0 Å². The molecule has 6 heteroatoms. The molecule has 6 nitrogen and oxygen atoms in total. The minimum atomic E-state index is -1.15. The molecular formula is C44H42N4O2. The summed E-state index contributed by atoms with van der Waals surface area (Å²) in [6.07, 6.45) is 0.716. The van der Waals surface area contributed by atoms with Crippen molar-refractivity contribution in [2.75, 3.05) is 6.54 Å². The maximum Gasteiger partial charge on any atom is 0.321 e. The van der Waals surface area contributed by atoms with Crippen molar-refractivity contribution in [2.24, 2.45) is 5.73 Å². The van der Waals surface area contributed by atoms with E-state index >= 15 is 0 Å². The quantitative estimate of drug-likeness (QED) is 0.0411. The van der Waals surface area contributed by atoms with Crippen molar-refractivity contribution in [1.82, 2.24) is 10.2 Å². The molecule has 0 bridgehead atoms. The Morgan fingerprint density at radius 2 is 0.820 bits per heavy atom. The first-order valence-electron chi connectivity index (χ1n) is 16.9. The smallest absolute Gasteiger partial charge is 0.321 e. The highest BCUT2D eigenvalue weighted by Crippen LogP contribution is 2.55. The molecule has 6 rings (SSSR count). The number of hydrogen-bond acceptors (Lipinski definition) is 3. The van der Waals surface area contributed by atoms with Crippen molar-refractivity contribution < 1.29 is 9.90 Å². The molecule has 0 aliphatic rings. The van der Waals surface area contributed by atoms with E-state index in [1.807, 2.05) is 109 Å². The minimum absolute atomic E-state index is 0.145. The molecule has 0 saturated carbocycles. The van der Waals surface area contributed by atoms with E-state index in [-0.39, 0.29) is 12.4 Å². The first-order chi connectivity index (χ1) is 24.5. The highest BCUT2D eigenvalue weighted by Gasteiger charge is 2.58. The number of aliphatic carboxylic acids is 1. The SMILES string of the molecule is N=C(N)NCCC[C@@H](C(=O)O)N(C(c1ccccc1)(c1ccccc1)c1ccccc1)C(c1ccccc1)(c1ccccc1)c1ccccc1. The molecule has 0 aliphatic heterocycles. The average Bonchev–Trinajstić information content (AvgIpc) is 3.17. The first-order valence-corrected chi connectivity index (χ1v) is 16.9. The summed E-state index contributed by atoms with van der Waals surface area (Å²) in [7, 11) is 0. The fourth-order valence-electron chi connectivity index (χ4n) is 7.51. The molecule has 6 aromatic carbocycles. The van der Waals surface area contributed by atoms with E-state index in [1.165, 1.54) is 0 Å². The second kappa shape index (κ2) is 15.5. The zero-order valence-corrected chi connectivity index (χ0v) is 27.9. The van der Waals surface area contributed by atoms with Crippen LogP contribution < -0.4 is 11.1 Å². The third kappa shape index (κ3) is 6.41. The molecule has 6 aromatic rings. The van der Waals surface area contributed by atoms with Crippen LogP contribution in [0.25, 0.3) is 0 Å². The summed E-state index contributed by atoms with van der Waals surface area (Å²) in [5.41, 5.74) is 8.94. The van der Waals surface area contributed by atoms with Crippen LogP contribution in [0, 0.1) is 5.41 Å². The maximum atomic E-state index is 14.2. The summed E-state index contributed by atoms with van der Waals surface area (Å²) >= 11 is 0. The lowest BCUT2D eigenvalue weighted by Crippen LogP contribution is -2.65. The molecule has 0 heterocycles. The number of carbonyl (C=O) groups is 1. The molecule has 0 unspecified atom stereocenters. The lowest BCUT2D eigenvalue weighted by Gasteiger charge is -2.58. The zero-order chi connectivity index (χ0) is 34.8. The minimum Gasteiger partial charge on any atom is -0.480 e. The van der Waals surface area contributed by atoms with Gasteiger partial charge in [-0.15, -0.1) is 0 Å². The van der Waals surface area contributed by atoms with E-state index < -0.39 is 23.1 Å². The number of guanidine groups is 1. The van der Waals surface area contributed by atoms with Crippen LogP contribution in [0.1, 0.15) is 46.2 Å². The van der Waals surface area contributed by atoms with Crippen LogP contribution in [0.2, 0.25) is 0 Å². The molecule has 250 valence electrons. The molecule has 5 N–H and O–H groups in total. The van der Waals surface area contributed by atoms with Crippen LogP contribution in [0.3, 0.4) is 0 Å². The summed E-state index contributed by atoms with van der Waals surface area (Å²) in [6, 6.07) is 60.5. The number of nitrogens with zero attached hydrogens (tertiary/aromatic N) is 1. The Kier molecular flexibility index (Phi) is 10.5. The number of carboxylic acids is 1. The van der Waals surface area contributed by atoms with Crippen molar-refractivity contribution in [3.63, 3.8) is 0 Å². The number of hydrogen-bond donors (Lipinski definition) is 4. The van der Waals surface area contributed by atoms with Gasteiger partial charge in [-0.25, -0.2) is 0 Å². The number of carboxylic acid groups (broad SMARTS) is 1. The third-order valence-electron chi connectivity index (χ3n) is 9.44. The van der Waals surface area contributed by atoms with Crippen molar-refractivity contribution in [1.29, 1.82) is 5.41 Å². The monoisotopic (exact) mass is 658 g/mol. The Hall–Kier alpha value is -5.98. The van der Waals surface area contributed by atoms with Crippen molar-refractivity contribution in [2.45, 2.75) is 30.0 Å². The Balaban J connectivity index is 1.86. The van der Waals surface area contributed by atoms with E-state index in [0.29, 0.717) is 13.0 Å². The molecule has 0 amide bonds. The summed E-state index contributed by atoms with van der Waals surface area (Å²) in [4.78, 5) is 16.5. The van der Waals surface area contributed by atoms with Crippen molar-refractivity contribution in [3.8, 4) is 0 Å². The standard InChI is InChI=1S/C44H42N4O2/c45-42(46)47-33-19-32-40(41(49)50)48(43(34-20-7-1-8-21-34,35-22-9-2-10-23-35)36-24-11-3-12-25-36)44(37-26-13-4-14-27-37,38-28-15-5-16-29-38)39-30-17-6-18-31-39/h1-18,20-31,40H,19,32-33H2,(H,49,50)(H4,45,46,47)/t40-/m0/s1. The van der Waals surface area contributed by atoms with Gasteiger partial charge in [-0.1, -0.05) is 182 Å². The molecule has 0 saturated heterocycles. The van der Waals surface area contributed by atoms with Crippen LogP contribution in [0.15, 0.2) is 182 Å². The van der Waals surface area contributed by atoms with E-state index in [9.17, 15) is 9.90 Å². The predicted molar refractivity (Wildman–Crippen MR) is 201 cm³/mol. The highest BCUT2D eigenvalue weighted by atomic mass is 16.4. The van der Waals surface area contributed by atoms with E-state index in [4.69, 9.17) is 11.1 Å². The van der Waals surface area contributed by atoms with E-state index in [1.54, 1.807) is 0 Å². The molecule has 0 radical (unpaired) electrons. The van der Waals surface area contributed by atoms with Gasteiger partial charge in [0.2, 0.25) is 0 Å². The zero-order valence-electron chi connectivity index (χ0n) is 27.9. The fourth-order valence-corrected chi connectivity index (χ4v) is 7.51. The Morgan fingerprint density at radius 3 is 1.04 bits per heavy atom. The molecule has 0 aliphatic carbocycles. The second-order valence-electron chi connectivity index (χ2n) is 12.3. The van der Waals surface area contributed by atoms with Gasteiger partial charge in [-0.2, -0.15) is 0 Å². The molecule has 0 aromatic heterocycles. The molecule has 1 atom stereocenters. The number of nitrogens with one attached hydrogen (secondary N) is 2. The summed E-state index contributed by atoms with van der Waals surface area (Å²) < 4.78 is 0. The normalized spacial score (nSPS) is 12.3. The van der Waals surface area contributed by atoms with Gasteiger partial charge in [0, 0.05) is 6.54 Å². The van der Waals surface area contributed by atoms with Crippen LogP contribution in [-0.2, 0) is 15.9 Å². The average molecular weight is 659 g/mol. The van der Waals surface area contributed by atoms with Crippen LogP contribution in [-0.4, -0.2) is 34.5 Å². The van der Waals surface area contributed by atoms with Crippen molar-refractivity contribution >= 4 is 11.9 Å². The summed E-state index contributed by atoms with van der Waals surface area (Å²) in [6.45, 7) is 0.358. The van der Waals surface area contributed by atoms with Gasteiger partial charge < -0.3 is 16.2 Å². The molecule has 0 spiro atoms. The fraction of sp³-hybridized carbons (Fsp3) is 0.136. The lowest BCUT2D eigenvalue weighted by molar-refractivity contribution is -0.149. The van der Waals surface area contributed by atoms with Gasteiger partial charge >= 0.3 is 5.97 Å². The second-order valence-corrected chi connectivity index (χ2v) is 12.3. The first kappa shape index (κ1) is 33.9. The Bertz CT molecular complexity index is 1640. The van der Waals surface area contributed by atoms with Gasteiger partial charge in [0.25, 0.3) is 0 Å². The lowest BCUT2D eigenvalue weighted by atomic mass is 9.66. The van der Waals surface area contributed by atoms with E-state index in [2.05, 4.69) is 83.0 Å². The Morgan fingerprint density at radius 1 is 0.560 bits per heavy atom. The van der Waals surface area contributed by atoms with Gasteiger partial charge in [0.15, 0.2) is 5.96 Å². The number of benzene rings is 6. The molecule has 0 fully saturated rings. The highest BCUT2D eigenvalue weighted by molar-refractivity contribution is 5.76. The predicted octanol–water partition coefficient (Wildman–Crippen LogP) is 7.99. The number of rotatable bonds is 14. The maximum absolute atomic E-state index is 14.2. The Labute approximate surface area is 294 Å². The summed E-state index contributed by atoms with van der Waals surface area (Å²) in [5, 5.41) is 22.3. The molecule has 50 heavy (non-hydrogen) atoms. The van der Waals surface area contributed by atoms with Crippen molar-refractivity contribution in [3.05, 3.63) is 215 Å². The van der Waals surface area contributed by atoms with Crippen LogP contribution >= 0.6 is 0 Å². The van der Waals surface area contributed by atoms with E-state index in [0.717, 1.165) is 33.4 Å². The van der Waals surface area contributed by atoms with Gasteiger partial charge in [-0.05, 0) is 46.2 Å². The summed E-state index contributed by atoms with van der Waals surface area (Å²) in [5.74, 6) is -1.10. The third-order valence-corrected chi connectivity index (χ3v) is 9.44. The van der Waals surface area contributed by atoms with Crippen LogP contribution in [0.4, 0.5) is 0 Å².